The van der Waals surface area contributed by atoms with E-state index in [0.29, 0.717) is 6.54 Å². The summed E-state index contributed by atoms with van der Waals surface area (Å²) < 4.78 is 1.30. The molecule has 0 aliphatic rings. The lowest BCUT2D eigenvalue weighted by molar-refractivity contribution is -0.118. The minimum absolute atomic E-state index is 0.0759. The number of nitrogens with zero attached hydrogens (tertiary/aromatic N) is 3. The van der Waals surface area contributed by atoms with Crippen molar-refractivity contribution in [1.29, 1.82) is 0 Å². The Morgan fingerprint density at radius 1 is 1.57 bits per heavy atom. The van der Waals surface area contributed by atoms with Crippen LogP contribution in [-0.2, 0) is 4.79 Å². The van der Waals surface area contributed by atoms with Crippen LogP contribution in [0, 0.1) is 0 Å². The van der Waals surface area contributed by atoms with E-state index >= 15 is 0 Å². The van der Waals surface area contributed by atoms with Crippen molar-refractivity contribution in [2.24, 2.45) is 5.73 Å². The summed E-state index contributed by atoms with van der Waals surface area (Å²) in [6.07, 6.45) is 4.40. The third kappa shape index (κ3) is 2.32. The van der Waals surface area contributed by atoms with Crippen molar-refractivity contribution in [1.82, 2.24) is 14.5 Å². The minimum atomic E-state index is -0.527. The van der Waals surface area contributed by atoms with E-state index in [1.807, 2.05) is 0 Å². The van der Waals surface area contributed by atoms with Crippen LogP contribution in [0.3, 0.4) is 0 Å². The van der Waals surface area contributed by atoms with Crippen LogP contribution in [0.5, 0.6) is 0 Å². The molecule has 1 rings (SSSR count). The molecule has 6 heteroatoms. The molecule has 14 heavy (non-hydrogen) atoms. The maximum absolute atomic E-state index is 11.6. The Labute approximate surface area is 81.3 Å². The normalized spacial score (nSPS) is 9.79. The summed E-state index contributed by atoms with van der Waals surface area (Å²) in [5, 5.41) is 0. The van der Waals surface area contributed by atoms with Crippen molar-refractivity contribution in [3.05, 3.63) is 18.7 Å². The van der Waals surface area contributed by atoms with Crippen molar-refractivity contribution >= 4 is 11.9 Å². The molecule has 0 saturated carbocycles. The van der Waals surface area contributed by atoms with Crippen LogP contribution in [0.25, 0.3) is 0 Å². The third-order valence-corrected chi connectivity index (χ3v) is 1.72. The van der Waals surface area contributed by atoms with Crippen LogP contribution in [0.15, 0.2) is 18.7 Å². The Kier molecular flexibility index (Phi) is 3.22. The monoisotopic (exact) mass is 196 g/mol. The first-order valence-corrected chi connectivity index (χ1v) is 4.20. The number of rotatable bonds is 3. The lowest BCUT2D eigenvalue weighted by atomic mass is 10.5. The molecule has 0 bridgehead atoms. The number of carbonyl (C=O) groups is 2. The van der Waals surface area contributed by atoms with Gasteiger partial charge in [0.2, 0.25) is 5.91 Å². The number of nitrogens with two attached hydrogens (primary N) is 1. The van der Waals surface area contributed by atoms with Gasteiger partial charge in [-0.05, 0) is 6.92 Å². The Balaban J connectivity index is 2.70. The van der Waals surface area contributed by atoms with Gasteiger partial charge in [0.25, 0.3) is 0 Å². The zero-order valence-corrected chi connectivity index (χ0v) is 7.88. The maximum Gasteiger partial charge on any atom is 0.329 e. The first kappa shape index (κ1) is 10.2. The predicted molar refractivity (Wildman–Crippen MR) is 49.5 cm³/mol. The number of hydrogen-bond acceptors (Lipinski definition) is 3. The second-order valence-corrected chi connectivity index (χ2v) is 2.73. The molecular formula is C8H12N4O2. The summed E-state index contributed by atoms with van der Waals surface area (Å²) in [5.74, 6) is -0.527. The van der Waals surface area contributed by atoms with Gasteiger partial charge < -0.3 is 10.6 Å². The number of aromatic nitrogens is 2. The average molecular weight is 196 g/mol. The number of likely N-dealkylation sites (N-methyl/N-ethyl adjacent to an activating group) is 1. The molecule has 0 atom stereocenters. The zero-order valence-electron chi connectivity index (χ0n) is 7.88. The fourth-order valence-corrected chi connectivity index (χ4v) is 1.04. The molecule has 6 nitrogen and oxygen atoms in total. The molecule has 2 amide bonds. The quantitative estimate of drug-likeness (QED) is 0.718. The van der Waals surface area contributed by atoms with E-state index in [0.717, 1.165) is 0 Å². The molecule has 0 aliphatic carbocycles. The van der Waals surface area contributed by atoms with Crippen molar-refractivity contribution in [2.45, 2.75) is 6.92 Å². The van der Waals surface area contributed by atoms with E-state index in [4.69, 9.17) is 5.73 Å². The van der Waals surface area contributed by atoms with E-state index in [9.17, 15) is 9.59 Å². The van der Waals surface area contributed by atoms with E-state index in [1.165, 1.54) is 28.2 Å². The molecule has 0 unspecified atom stereocenters. The standard InChI is InChI=1S/C8H12N4O2/c1-2-11(5-7(9)13)8(14)12-4-3-10-6-12/h3-4,6H,2,5H2,1H3,(H2,9,13). The predicted octanol–water partition coefficient (Wildman–Crippen LogP) is -0.342. The summed E-state index contributed by atoms with van der Waals surface area (Å²) in [5.41, 5.74) is 5.00. The fourth-order valence-electron chi connectivity index (χ4n) is 1.04. The van der Waals surface area contributed by atoms with Gasteiger partial charge in [-0.15, -0.1) is 0 Å². The molecule has 0 radical (unpaired) electrons. The highest BCUT2D eigenvalue weighted by Gasteiger charge is 2.14. The molecule has 0 saturated heterocycles. The fraction of sp³-hybridized carbons (Fsp3) is 0.375. The van der Waals surface area contributed by atoms with Gasteiger partial charge in [0.05, 0.1) is 0 Å². The topological polar surface area (TPSA) is 81.2 Å². The molecule has 0 aliphatic heterocycles. The van der Waals surface area contributed by atoms with Crippen molar-refractivity contribution in [3.8, 4) is 0 Å². The number of amides is 2. The zero-order chi connectivity index (χ0) is 10.6. The van der Waals surface area contributed by atoms with Crippen LogP contribution in [-0.4, -0.2) is 39.5 Å². The van der Waals surface area contributed by atoms with Gasteiger partial charge in [0.1, 0.15) is 12.9 Å². The third-order valence-electron chi connectivity index (χ3n) is 1.72. The molecule has 1 aromatic rings. The summed E-state index contributed by atoms with van der Waals surface area (Å²) in [7, 11) is 0. The lowest BCUT2D eigenvalue weighted by Gasteiger charge is -2.18. The largest absolute Gasteiger partial charge is 0.368 e. The van der Waals surface area contributed by atoms with E-state index in [-0.39, 0.29) is 12.6 Å². The Morgan fingerprint density at radius 3 is 2.71 bits per heavy atom. The minimum Gasteiger partial charge on any atom is -0.368 e. The second kappa shape index (κ2) is 4.40. The highest BCUT2D eigenvalue weighted by molar-refractivity contribution is 5.83. The maximum atomic E-state index is 11.6. The second-order valence-electron chi connectivity index (χ2n) is 2.73. The Bertz CT molecular complexity index is 320. The van der Waals surface area contributed by atoms with E-state index in [2.05, 4.69) is 4.98 Å². The molecule has 1 aromatic heterocycles. The highest BCUT2D eigenvalue weighted by atomic mass is 16.2. The summed E-state index contributed by atoms with van der Waals surface area (Å²) in [4.78, 5) is 27.3. The number of carbonyl (C=O) groups excluding carboxylic acids is 2. The summed E-state index contributed by atoms with van der Waals surface area (Å²) in [6.45, 7) is 2.13. The van der Waals surface area contributed by atoms with Gasteiger partial charge in [-0.25, -0.2) is 9.78 Å². The van der Waals surface area contributed by atoms with E-state index < -0.39 is 5.91 Å². The highest BCUT2D eigenvalue weighted by Crippen LogP contribution is 1.95. The van der Waals surface area contributed by atoms with Gasteiger partial charge in [-0.2, -0.15) is 0 Å². The van der Waals surface area contributed by atoms with Crippen LogP contribution in [0.2, 0.25) is 0 Å². The lowest BCUT2D eigenvalue weighted by Crippen LogP contribution is -2.40. The molecule has 2 N–H and O–H groups in total. The van der Waals surface area contributed by atoms with Gasteiger partial charge in [-0.3, -0.25) is 9.36 Å². The smallest absolute Gasteiger partial charge is 0.329 e. The number of hydrogen-bond donors (Lipinski definition) is 1. The van der Waals surface area contributed by atoms with Crippen molar-refractivity contribution in [2.75, 3.05) is 13.1 Å². The molecular weight excluding hydrogens is 184 g/mol. The van der Waals surface area contributed by atoms with Crippen LogP contribution < -0.4 is 5.73 Å². The number of primary amides is 1. The SMILES string of the molecule is CCN(CC(N)=O)C(=O)n1ccnc1. The first-order chi connectivity index (χ1) is 6.65. The molecule has 1 heterocycles. The first-order valence-electron chi connectivity index (χ1n) is 4.20. The Hall–Kier alpha value is -1.85. The van der Waals surface area contributed by atoms with Crippen LogP contribution >= 0.6 is 0 Å². The summed E-state index contributed by atoms with van der Waals surface area (Å²) >= 11 is 0. The van der Waals surface area contributed by atoms with E-state index in [1.54, 1.807) is 6.92 Å². The number of imidazole rings is 1. The van der Waals surface area contributed by atoms with Crippen molar-refractivity contribution < 1.29 is 9.59 Å². The molecule has 76 valence electrons. The van der Waals surface area contributed by atoms with Gasteiger partial charge in [0.15, 0.2) is 0 Å². The van der Waals surface area contributed by atoms with Crippen LogP contribution in [0.1, 0.15) is 6.92 Å². The molecule has 0 aromatic carbocycles. The van der Waals surface area contributed by atoms with Gasteiger partial charge >= 0.3 is 6.03 Å². The van der Waals surface area contributed by atoms with Gasteiger partial charge in [0, 0.05) is 18.9 Å². The van der Waals surface area contributed by atoms with Crippen LogP contribution in [0.4, 0.5) is 4.79 Å². The average Bonchev–Trinajstić information content (AvgIpc) is 2.65. The molecule has 0 fully saturated rings. The molecule has 0 spiro atoms. The summed E-state index contributed by atoms with van der Waals surface area (Å²) in [6, 6.07) is -0.302. The van der Waals surface area contributed by atoms with Gasteiger partial charge in [-0.1, -0.05) is 0 Å². The van der Waals surface area contributed by atoms with Crippen molar-refractivity contribution in [3.63, 3.8) is 0 Å². The Morgan fingerprint density at radius 2 is 2.29 bits per heavy atom.